The molecule has 3 aliphatic rings. The van der Waals surface area contributed by atoms with E-state index in [1.807, 2.05) is 0 Å². The molecule has 0 aromatic rings. The van der Waals surface area contributed by atoms with Crippen LogP contribution in [-0.2, 0) is 0 Å². The van der Waals surface area contributed by atoms with Crippen LogP contribution in [0.15, 0.2) is 12.2 Å². The molecule has 0 aliphatic heterocycles. The van der Waals surface area contributed by atoms with Crippen molar-refractivity contribution in [2.75, 3.05) is 0 Å². The summed E-state index contributed by atoms with van der Waals surface area (Å²) in [6.45, 7) is 11.9. The van der Waals surface area contributed by atoms with Gasteiger partial charge >= 0.3 is 0 Å². The highest BCUT2D eigenvalue weighted by Crippen LogP contribution is 2.69. The molecule has 0 spiro atoms. The van der Waals surface area contributed by atoms with E-state index in [0.29, 0.717) is 10.8 Å². The lowest BCUT2D eigenvalue weighted by atomic mass is 9.68. The van der Waals surface area contributed by atoms with Crippen LogP contribution in [0.1, 0.15) is 52.9 Å². The van der Waals surface area contributed by atoms with Crippen molar-refractivity contribution < 1.29 is 0 Å². The largest absolute Gasteiger partial charge is 0.0996 e. The molecular formula is C15H24. The van der Waals surface area contributed by atoms with Gasteiger partial charge in [-0.15, -0.1) is 0 Å². The second kappa shape index (κ2) is 2.70. The molecule has 0 heteroatoms. The highest BCUT2D eigenvalue weighted by Gasteiger charge is 2.61. The maximum absolute atomic E-state index is 4.35. The number of allylic oxidation sites excluding steroid dienone is 1. The van der Waals surface area contributed by atoms with Gasteiger partial charge < -0.3 is 0 Å². The van der Waals surface area contributed by atoms with Crippen molar-refractivity contribution in [1.29, 1.82) is 0 Å². The third-order valence-corrected chi connectivity index (χ3v) is 5.84. The third-order valence-electron chi connectivity index (χ3n) is 5.84. The fraction of sp³-hybridized carbons (Fsp3) is 0.867. The Kier molecular flexibility index (Phi) is 1.79. The van der Waals surface area contributed by atoms with E-state index in [1.54, 1.807) is 5.57 Å². The maximum atomic E-state index is 4.35. The van der Waals surface area contributed by atoms with E-state index in [1.165, 1.54) is 32.1 Å². The van der Waals surface area contributed by atoms with Crippen molar-refractivity contribution in [3.63, 3.8) is 0 Å². The lowest BCUT2D eigenvalue weighted by Crippen LogP contribution is -2.30. The molecule has 3 fully saturated rings. The molecular weight excluding hydrogens is 180 g/mol. The lowest BCUT2D eigenvalue weighted by Gasteiger charge is -2.36. The van der Waals surface area contributed by atoms with Crippen molar-refractivity contribution in [3.05, 3.63) is 12.2 Å². The molecule has 3 aliphatic carbocycles. The summed E-state index contributed by atoms with van der Waals surface area (Å²) in [6.07, 6.45) is 7.14. The summed E-state index contributed by atoms with van der Waals surface area (Å²) in [5, 5.41) is 0. The van der Waals surface area contributed by atoms with Gasteiger partial charge in [-0.05, 0) is 60.7 Å². The van der Waals surface area contributed by atoms with Gasteiger partial charge in [0.25, 0.3) is 0 Å². The van der Waals surface area contributed by atoms with E-state index >= 15 is 0 Å². The van der Waals surface area contributed by atoms with E-state index < -0.39 is 0 Å². The summed E-state index contributed by atoms with van der Waals surface area (Å²) in [7, 11) is 0. The molecule has 0 amide bonds. The van der Waals surface area contributed by atoms with Crippen molar-refractivity contribution >= 4 is 0 Å². The standard InChI is InChI=1S/C15H24/c1-10-5-6-11-9-15(4)8-7-14(2,3)13(15)12(10)11/h11-13H,1,5-9H2,2-4H3/t11-,12-,13?,15-/m1/s1. The molecule has 4 atom stereocenters. The number of rotatable bonds is 0. The zero-order chi connectivity index (χ0) is 10.8. The van der Waals surface area contributed by atoms with Crippen LogP contribution in [0, 0.1) is 28.6 Å². The molecule has 0 radical (unpaired) electrons. The monoisotopic (exact) mass is 204 g/mol. The van der Waals surface area contributed by atoms with Crippen LogP contribution in [0.4, 0.5) is 0 Å². The predicted molar refractivity (Wildman–Crippen MR) is 64.6 cm³/mol. The number of hydrogen-bond acceptors (Lipinski definition) is 0. The van der Waals surface area contributed by atoms with Gasteiger partial charge in [0, 0.05) is 0 Å². The van der Waals surface area contributed by atoms with Gasteiger partial charge in [-0.1, -0.05) is 32.9 Å². The van der Waals surface area contributed by atoms with Crippen LogP contribution in [0.5, 0.6) is 0 Å². The van der Waals surface area contributed by atoms with Crippen LogP contribution >= 0.6 is 0 Å². The number of fused-ring (bicyclic) bond motifs is 3. The average Bonchev–Trinajstić information content (AvgIpc) is 2.67. The van der Waals surface area contributed by atoms with Crippen molar-refractivity contribution in [2.45, 2.75) is 52.9 Å². The molecule has 0 heterocycles. The quantitative estimate of drug-likeness (QED) is 0.513. The first-order chi connectivity index (χ1) is 6.94. The second-order valence-electron chi connectivity index (χ2n) is 7.31. The Morgan fingerprint density at radius 1 is 1.20 bits per heavy atom. The Labute approximate surface area is 94.1 Å². The molecule has 0 bridgehead atoms. The fourth-order valence-corrected chi connectivity index (χ4v) is 5.40. The molecule has 0 saturated heterocycles. The zero-order valence-electron chi connectivity index (χ0n) is 10.5. The normalized spacial score (nSPS) is 51.9. The zero-order valence-corrected chi connectivity index (χ0v) is 10.5. The van der Waals surface area contributed by atoms with Crippen LogP contribution in [0.3, 0.4) is 0 Å². The van der Waals surface area contributed by atoms with Gasteiger partial charge in [0.05, 0.1) is 0 Å². The second-order valence-corrected chi connectivity index (χ2v) is 7.31. The van der Waals surface area contributed by atoms with Crippen LogP contribution in [0.2, 0.25) is 0 Å². The lowest BCUT2D eigenvalue weighted by molar-refractivity contribution is 0.146. The van der Waals surface area contributed by atoms with Gasteiger partial charge in [-0.25, -0.2) is 0 Å². The Morgan fingerprint density at radius 2 is 1.93 bits per heavy atom. The van der Waals surface area contributed by atoms with Gasteiger partial charge in [0.1, 0.15) is 0 Å². The van der Waals surface area contributed by atoms with E-state index in [9.17, 15) is 0 Å². The van der Waals surface area contributed by atoms with Crippen LogP contribution in [0.25, 0.3) is 0 Å². The van der Waals surface area contributed by atoms with E-state index in [-0.39, 0.29) is 0 Å². The molecule has 0 N–H and O–H groups in total. The van der Waals surface area contributed by atoms with Crippen LogP contribution in [-0.4, -0.2) is 0 Å². The van der Waals surface area contributed by atoms with Gasteiger partial charge in [-0.2, -0.15) is 0 Å². The summed E-state index contributed by atoms with van der Waals surface area (Å²) < 4.78 is 0. The highest BCUT2D eigenvalue weighted by molar-refractivity contribution is 5.21. The maximum Gasteiger partial charge on any atom is -0.0139 e. The first-order valence-corrected chi connectivity index (χ1v) is 6.62. The van der Waals surface area contributed by atoms with Crippen molar-refractivity contribution in [3.8, 4) is 0 Å². The van der Waals surface area contributed by atoms with Gasteiger partial charge in [0.2, 0.25) is 0 Å². The molecule has 1 unspecified atom stereocenters. The van der Waals surface area contributed by atoms with Gasteiger partial charge in [-0.3, -0.25) is 0 Å². The molecule has 15 heavy (non-hydrogen) atoms. The predicted octanol–water partition coefficient (Wildman–Crippen LogP) is 4.42. The smallest absolute Gasteiger partial charge is 0.0139 e. The highest BCUT2D eigenvalue weighted by atomic mass is 14.7. The Balaban J connectivity index is 2.02. The molecule has 84 valence electrons. The first kappa shape index (κ1) is 9.93. The van der Waals surface area contributed by atoms with Crippen LogP contribution < -0.4 is 0 Å². The first-order valence-electron chi connectivity index (χ1n) is 6.62. The minimum atomic E-state index is 0.571. The number of hydrogen-bond donors (Lipinski definition) is 0. The molecule has 3 saturated carbocycles. The van der Waals surface area contributed by atoms with Crippen molar-refractivity contribution in [2.24, 2.45) is 28.6 Å². The molecule has 3 rings (SSSR count). The summed E-state index contributed by atoms with van der Waals surface area (Å²) in [5.41, 5.74) is 2.81. The van der Waals surface area contributed by atoms with E-state index in [0.717, 1.165) is 17.8 Å². The Hall–Kier alpha value is -0.260. The fourth-order valence-electron chi connectivity index (χ4n) is 5.40. The van der Waals surface area contributed by atoms with E-state index in [4.69, 9.17) is 0 Å². The molecule has 0 aromatic heterocycles. The SMILES string of the molecule is C=C1CC[C@@H]2C[C@@]3(C)CCC(C)(C)C3[C@H]12. The summed E-state index contributed by atoms with van der Waals surface area (Å²) >= 11 is 0. The van der Waals surface area contributed by atoms with Crippen molar-refractivity contribution in [1.82, 2.24) is 0 Å². The third kappa shape index (κ3) is 1.14. The van der Waals surface area contributed by atoms with E-state index in [2.05, 4.69) is 27.4 Å². The Bertz CT molecular complexity index is 312. The Morgan fingerprint density at radius 3 is 2.67 bits per heavy atom. The summed E-state index contributed by atoms with van der Waals surface area (Å²) in [4.78, 5) is 0. The van der Waals surface area contributed by atoms with Gasteiger partial charge in [0.15, 0.2) is 0 Å². The summed E-state index contributed by atoms with van der Waals surface area (Å²) in [5.74, 6) is 2.81. The minimum absolute atomic E-state index is 0.571. The topological polar surface area (TPSA) is 0 Å². The summed E-state index contributed by atoms with van der Waals surface area (Å²) in [6, 6.07) is 0. The average molecular weight is 204 g/mol. The minimum Gasteiger partial charge on any atom is -0.0996 e. The molecule has 0 nitrogen and oxygen atoms in total. The molecule has 0 aromatic carbocycles.